The minimum atomic E-state index is -4.74. The molecule has 5 nitrogen and oxygen atoms in total. The van der Waals surface area contributed by atoms with Crippen LogP contribution >= 0.6 is 11.6 Å². The second-order valence-corrected chi connectivity index (χ2v) is 7.56. The molecule has 1 aromatic heterocycles. The van der Waals surface area contributed by atoms with E-state index >= 15 is 0 Å². The van der Waals surface area contributed by atoms with Crippen LogP contribution in [-0.2, 0) is 11.0 Å². The Hall–Kier alpha value is -3.26. The third-order valence-corrected chi connectivity index (χ3v) is 5.36. The number of halogens is 4. The zero-order chi connectivity index (χ0) is 22.2. The van der Waals surface area contributed by atoms with Crippen LogP contribution in [0.15, 0.2) is 65.3 Å². The number of anilines is 2. The van der Waals surface area contributed by atoms with Crippen LogP contribution in [0.25, 0.3) is 0 Å². The summed E-state index contributed by atoms with van der Waals surface area (Å²) in [5.74, 6) is -1.82. The van der Waals surface area contributed by atoms with E-state index in [4.69, 9.17) is 16.0 Å². The van der Waals surface area contributed by atoms with E-state index < -0.39 is 29.5 Å². The Morgan fingerprint density at radius 2 is 1.81 bits per heavy atom. The quantitative estimate of drug-likeness (QED) is 0.507. The molecule has 31 heavy (non-hydrogen) atoms. The molecule has 1 aliphatic carbocycles. The fourth-order valence-corrected chi connectivity index (χ4v) is 3.67. The zero-order valence-electron chi connectivity index (χ0n) is 15.9. The van der Waals surface area contributed by atoms with Crippen molar-refractivity contribution in [3.63, 3.8) is 0 Å². The van der Waals surface area contributed by atoms with E-state index in [1.54, 1.807) is 24.3 Å². The molecule has 1 fully saturated rings. The largest absolute Gasteiger partial charge is 0.459 e. The molecule has 2 atom stereocenters. The van der Waals surface area contributed by atoms with E-state index in [0.717, 1.165) is 17.7 Å². The Balaban J connectivity index is 1.51. The van der Waals surface area contributed by atoms with Crippen LogP contribution in [0.2, 0.25) is 5.02 Å². The Bertz CT molecular complexity index is 1130. The summed E-state index contributed by atoms with van der Waals surface area (Å²) in [6.45, 7) is 0. The SMILES string of the molecule is O=C(Nc1ccc(NC(=O)C2CC2c2ccccc2Cl)c(C(F)(F)F)c1)c1ccco1. The summed E-state index contributed by atoms with van der Waals surface area (Å²) in [5, 5.41) is 5.24. The number of furan rings is 1. The van der Waals surface area contributed by atoms with Gasteiger partial charge in [0, 0.05) is 16.6 Å². The van der Waals surface area contributed by atoms with E-state index in [9.17, 15) is 22.8 Å². The van der Waals surface area contributed by atoms with Crippen molar-refractivity contribution in [3.05, 3.63) is 82.8 Å². The molecular weight excluding hydrogens is 433 g/mol. The van der Waals surface area contributed by atoms with Crippen molar-refractivity contribution in [2.24, 2.45) is 5.92 Å². The van der Waals surface area contributed by atoms with E-state index in [-0.39, 0.29) is 23.1 Å². The van der Waals surface area contributed by atoms with Gasteiger partial charge in [-0.15, -0.1) is 0 Å². The van der Waals surface area contributed by atoms with Crippen molar-refractivity contribution >= 4 is 34.8 Å². The van der Waals surface area contributed by atoms with E-state index in [0.29, 0.717) is 11.4 Å². The number of rotatable bonds is 5. The monoisotopic (exact) mass is 448 g/mol. The average molecular weight is 449 g/mol. The molecule has 1 aliphatic rings. The maximum atomic E-state index is 13.6. The average Bonchev–Trinajstić information content (AvgIpc) is 3.31. The first-order valence-corrected chi connectivity index (χ1v) is 9.73. The van der Waals surface area contributed by atoms with Gasteiger partial charge >= 0.3 is 6.18 Å². The Kier molecular flexibility index (Phi) is 5.49. The standard InChI is InChI=1S/C22H16ClF3N2O3/c23-17-5-2-1-4-13(17)14-11-15(14)20(29)28-18-8-7-12(10-16(18)22(24,25)26)27-21(30)19-6-3-9-31-19/h1-10,14-15H,11H2,(H,27,30)(H,28,29). The molecule has 1 saturated carbocycles. The summed E-state index contributed by atoms with van der Waals surface area (Å²) in [4.78, 5) is 24.6. The number of hydrogen-bond acceptors (Lipinski definition) is 3. The number of nitrogens with one attached hydrogen (secondary N) is 2. The highest BCUT2D eigenvalue weighted by molar-refractivity contribution is 6.31. The van der Waals surface area contributed by atoms with Crippen molar-refractivity contribution in [1.82, 2.24) is 0 Å². The van der Waals surface area contributed by atoms with Crippen LogP contribution in [0.5, 0.6) is 0 Å². The van der Waals surface area contributed by atoms with Gasteiger partial charge in [0.1, 0.15) is 0 Å². The lowest BCUT2D eigenvalue weighted by molar-refractivity contribution is -0.136. The van der Waals surface area contributed by atoms with Gasteiger partial charge in [0.05, 0.1) is 17.5 Å². The minimum absolute atomic E-state index is 0.0368. The Morgan fingerprint density at radius 1 is 1.03 bits per heavy atom. The van der Waals surface area contributed by atoms with Gasteiger partial charge < -0.3 is 15.1 Å². The molecule has 3 aromatic rings. The molecule has 0 bridgehead atoms. The summed E-state index contributed by atoms with van der Waals surface area (Å²) < 4.78 is 45.7. The molecule has 160 valence electrons. The van der Waals surface area contributed by atoms with Crippen LogP contribution in [0.3, 0.4) is 0 Å². The Labute approximate surface area is 180 Å². The molecular formula is C22H16ClF3N2O3. The van der Waals surface area contributed by atoms with Crippen LogP contribution in [0.1, 0.15) is 34.0 Å². The van der Waals surface area contributed by atoms with Crippen molar-refractivity contribution in [1.29, 1.82) is 0 Å². The van der Waals surface area contributed by atoms with Gasteiger partial charge in [-0.05, 0) is 54.3 Å². The summed E-state index contributed by atoms with van der Waals surface area (Å²) in [6.07, 6.45) is -2.95. The highest BCUT2D eigenvalue weighted by Gasteiger charge is 2.45. The molecule has 1 heterocycles. The predicted octanol–water partition coefficient (Wildman–Crippen LogP) is 5.95. The number of benzene rings is 2. The molecule has 0 saturated heterocycles. The van der Waals surface area contributed by atoms with Gasteiger partial charge in [0.25, 0.3) is 5.91 Å². The molecule has 2 unspecified atom stereocenters. The van der Waals surface area contributed by atoms with Gasteiger partial charge in [-0.25, -0.2) is 0 Å². The van der Waals surface area contributed by atoms with Gasteiger partial charge in [0.15, 0.2) is 5.76 Å². The summed E-state index contributed by atoms with van der Waals surface area (Å²) in [5.41, 5.74) is -0.713. The number of hydrogen-bond donors (Lipinski definition) is 2. The second-order valence-electron chi connectivity index (χ2n) is 7.15. The van der Waals surface area contributed by atoms with Crippen molar-refractivity contribution in [2.45, 2.75) is 18.5 Å². The van der Waals surface area contributed by atoms with Crippen LogP contribution < -0.4 is 10.6 Å². The molecule has 2 amide bonds. The maximum absolute atomic E-state index is 13.6. The third kappa shape index (κ3) is 4.59. The number of carbonyl (C=O) groups is 2. The molecule has 2 N–H and O–H groups in total. The first-order chi connectivity index (χ1) is 14.7. The van der Waals surface area contributed by atoms with Crippen molar-refractivity contribution in [2.75, 3.05) is 10.6 Å². The van der Waals surface area contributed by atoms with Crippen molar-refractivity contribution < 1.29 is 27.2 Å². The fraction of sp³-hybridized carbons (Fsp3) is 0.182. The highest BCUT2D eigenvalue weighted by atomic mass is 35.5. The van der Waals surface area contributed by atoms with Crippen LogP contribution in [-0.4, -0.2) is 11.8 Å². The minimum Gasteiger partial charge on any atom is -0.459 e. The van der Waals surface area contributed by atoms with Gasteiger partial charge in [0.2, 0.25) is 5.91 Å². The summed E-state index contributed by atoms with van der Waals surface area (Å²) >= 11 is 6.15. The molecule has 2 aromatic carbocycles. The molecule has 0 radical (unpaired) electrons. The predicted molar refractivity (Wildman–Crippen MR) is 109 cm³/mol. The fourth-order valence-electron chi connectivity index (χ4n) is 3.40. The van der Waals surface area contributed by atoms with Crippen molar-refractivity contribution in [3.8, 4) is 0 Å². The van der Waals surface area contributed by atoms with E-state index in [1.165, 1.54) is 24.5 Å². The zero-order valence-corrected chi connectivity index (χ0v) is 16.6. The number of alkyl halides is 3. The molecule has 9 heteroatoms. The Morgan fingerprint density at radius 3 is 2.48 bits per heavy atom. The van der Waals surface area contributed by atoms with E-state index in [1.807, 2.05) is 0 Å². The van der Waals surface area contributed by atoms with Gasteiger partial charge in [-0.2, -0.15) is 13.2 Å². The number of amides is 2. The maximum Gasteiger partial charge on any atom is 0.418 e. The topological polar surface area (TPSA) is 71.3 Å². The van der Waals surface area contributed by atoms with E-state index in [2.05, 4.69) is 10.6 Å². The number of carbonyl (C=O) groups excluding carboxylic acids is 2. The normalized spacial score (nSPS) is 17.8. The lowest BCUT2D eigenvalue weighted by Crippen LogP contribution is -2.19. The summed E-state index contributed by atoms with van der Waals surface area (Å²) in [6, 6.07) is 13.1. The van der Waals surface area contributed by atoms with Gasteiger partial charge in [-0.1, -0.05) is 29.8 Å². The second kappa shape index (κ2) is 8.11. The molecule has 0 aliphatic heterocycles. The highest BCUT2D eigenvalue weighted by Crippen LogP contribution is 2.50. The summed E-state index contributed by atoms with van der Waals surface area (Å²) in [7, 11) is 0. The third-order valence-electron chi connectivity index (χ3n) is 5.02. The first-order valence-electron chi connectivity index (χ1n) is 9.35. The van der Waals surface area contributed by atoms with Crippen LogP contribution in [0, 0.1) is 5.92 Å². The van der Waals surface area contributed by atoms with Gasteiger partial charge in [-0.3, -0.25) is 9.59 Å². The smallest absolute Gasteiger partial charge is 0.418 e. The molecule has 4 rings (SSSR count). The lowest BCUT2D eigenvalue weighted by atomic mass is 10.1. The van der Waals surface area contributed by atoms with Crippen LogP contribution in [0.4, 0.5) is 24.5 Å². The molecule has 0 spiro atoms. The lowest BCUT2D eigenvalue weighted by Gasteiger charge is -2.16. The first kappa shape index (κ1) is 21.0.